The fraction of sp³-hybridized carbons (Fsp3) is 0.242. The van der Waals surface area contributed by atoms with E-state index in [1.165, 1.54) is 57.1 Å². The number of rotatable bonds is 20. The molecule has 0 radical (unpaired) electrons. The van der Waals surface area contributed by atoms with Gasteiger partial charge in [-0.15, -0.1) is 0 Å². The van der Waals surface area contributed by atoms with Crippen LogP contribution in [0.3, 0.4) is 0 Å². The Morgan fingerprint density at radius 3 is 1.20 bits per heavy atom. The Hall–Kier alpha value is -10.6. The number of aromatic nitrogens is 12. The molecule has 0 bridgehead atoms. The molecule has 2 aliphatic rings. The van der Waals surface area contributed by atoms with E-state index in [-0.39, 0.29) is 104 Å². The largest absolute Gasteiger partial charge is 0.344 e. The van der Waals surface area contributed by atoms with E-state index in [0.717, 1.165) is 95.1 Å². The average molecular weight is 1490 g/mol. The molecule has 2 atom stereocenters. The second-order valence-corrected chi connectivity index (χ2v) is 29.0. The zero-order valence-corrected chi connectivity index (χ0v) is 56.7. The van der Waals surface area contributed by atoms with Crippen LogP contribution in [0.4, 0.5) is 46.8 Å². The normalized spacial score (nSPS) is 13.9. The highest BCUT2D eigenvalue weighted by molar-refractivity contribution is 7.92. The minimum Gasteiger partial charge on any atom is -0.344 e. The van der Waals surface area contributed by atoms with Gasteiger partial charge in [-0.2, -0.15) is 20.4 Å². The van der Waals surface area contributed by atoms with E-state index >= 15 is 8.78 Å². The molecular formula is C66H54Cl2F8N16O8S2. The van der Waals surface area contributed by atoms with E-state index in [4.69, 9.17) is 23.2 Å². The molecule has 6 heterocycles. The van der Waals surface area contributed by atoms with Gasteiger partial charge < -0.3 is 10.6 Å². The number of sulfonamides is 2. The fourth-order valence-corrected chi connectivity index (χ4v) is 13.7. The number of nitrogens with one attached hydrogen (secondary N) is 4. The highest BCUT2D eigenvalue weighted by Gasteiger charge is 2.33. The number of aryl methyl sites for hydroxylation is 2. The summed E-state index contributed by atoms with van der Waals surface area (Å²) in [4.78, 5) is 65.0. The Morgan fingerprint density at radius 1 is 0.500 bits per heavy atom. The van der Waals surface area contributed by atoms with Crippen molar-refractivity contribution in [3.05, 3.63) is 221 Å². The van der Waals surface area contributed by atoms with Gasteiger partial charge in [0.15, 0.2) is 11.6 Å². The van der Waals surface area contributed by atoms with E-state index < -0.39 is 123 Å². The molecule has 36 heteroatoms. The Labute approximate surface area is 581 Å². The van der Waals surface area contributed by atoms with Gasteiger partial charge in [0.1, 0.15) is 82.0 Å². The van der Waals surface area contributed by atoms with E-state index in [1.807, 2.05) is 0 Å². The lowest BCUT2D eigenvalue weighted by molar-refractivity contribution is -0.123. The number of fused-ring (bicyclic) bond motifs is 4. The topological polar surface area (TPSA) is 292 Å². The van der Waals surface area contributed by atoms with Crippen LogP contribution in [-0.4, -0.2) is 99.4 Å². The summed E-state index contributed by atoms with van der Waals surface area (Å²) in [6, 6.07) is 14.5. The Balaban J connectivity index is 0.000000182. The number of hydrogen-bond acceptors (Lipinski definition) is 14. The molecule has 4 N–H and O–H groups in total. The van der Waals surface area contributed by atoms with Crippen molar-refractivity contribution in [2.24, 2.45) is 14.1 Å². The molecule has 0 unspecified atom stereocenters. The molecule has 102 heavy (non-hydrogen) atoms. The van der Waals surface area contributed by atoms with Gasteiger partial charge in [-0.25, -0.2) is 61.9 Å². The van der Waals surface area contributed by atoms with Crippen molar-refractivity contribution in [2.45, 2.75) is 75.5 Å². The van der Waals surface area contributed by atoms with E-state index in [2.05, 4.69) is 50.4 Å². The molecule has 6 aromatic heterocycles. The number of amides is 2. The molecule has 2 aliphatic carbocycles. The molecule has 0 spiro atoms. The molecule has 2 fully saturated rings. The number of carbonyl (C=O) groups excluding carboxylic acids is 2. The van der Waals surface area contributed by atoms with Gasteiger partial charge in [0.05, 0.1) is 90.2 Å². The molecule has 6 aromatic carbocycles. The zero-order chi connectivity index (χ0) is 72.7. The van der Waals surface area contributed by atoms with Gasteiger partial charge in [0.25, 0.3) is 11.1 Å². The predicted molar refractivity (Wildman–Crippen MR) is 360 cm³/mol. The summed E-state index contributed by atoms with van der Waals surface area (Å²) in [5.74, 6) is -9.70. The van der Waals surface area contributed by atoms with Crippen LogP contribution in [0.15, 0.2) is 119 Å². The Bertz CT molecular complexity index is 5450. The number of anilines is 2. The van der Waals surface area contributed by atoms with Crippen LogP contribution in [0.25, 0.3) is 55.0 Å². The highest BCUT2D eigenvalue weighted by atomic mass is 35.5. The van der Waals surface area contributed by atoms with Crippen LogP contribution in [0, 0.1) is 46.5 Å². The van der Waals surface area contributed by atoms with Gasteiger partial charge in [-0.3, -0.25) is 56.5 Å². The summed E-state index contributed by atoms with van der Waals surface area (Å²) in [6.07, 6.45) is 8.35. The van der Waals surface area contributed by atoms with Gasteiger partial charge in [-0.05, 0) is 97.5 Å². The van der Waals surface area contributed by atoms with Crippen molar-refractivity contribution in [3.63, 3.8) is 0 Å². The van der Waals surface area contributed by atoms with Crippen molar-refractivity contribution in [2.75, 3.05) is 22.0 Å². The molecule has 2 amide bonds. The van der Waals surface area contributed by atoms with E-state index in [0.29, 0.717) is 36.1 Å². The molecule has 24 nitrogen and oxygen atoms in total. The van der Waals surface area contributed by atoms with Crippen molar-refractivity contribution in [1.29, 1.82) is 0 Å². The molecule has 528 valence electrons. The lowest BCUT2D eigenvalue weighted by atomic mass is 10.0. The summed E-state index contributed by atoms with van der Waals surface area (Å²) in [7, 11) is -4.84. The number of halogens is 10. The van der Waals surface area contributed by atoms with Gasteiger partial charge in [0, 0.05) is 87.6 Å². The summed E-state index contributed by atoms with van der Waals surface area (Å²) < 4.78 is 178. The monoisotopic (exact) mass is 1480 g/mol. The van der Waals surface area contributed by atoms with Crippen LogP contribution in [0.1, 0.15) is 83.8 Å². The van der Waals surface area contributed by atoms with Crippen molar-refractivity contribution < 1.29 is 61.5 Å². The average Bonchev–Trinajstić information content (AvgIpc) is 1.43. The van der Waals surface area contributed by atoms with Gasteiger partial charge in [0.2, 0.25) is 31.9 Å². The molecular weight excluding hydrogens is 1430 g/mol. The summed E-state index contributed by atoms with van der Waals surface area (Å²) in [6.45, 7) is -0.565. The molecule has 0 aliphatic heterocycles. The van der Waals surface area contributed by atoms with Crippen molar-refractivity contribution >= 4 is 110 Å². The van der Waals surface area contributed by atoms with Crippen molar-refractivity contribution in [3.8, 4) is 11.4 Å². The molecule has 14 rings (SSSR count). The Morgan fingerprint density at radius 2 is 0.853 bits per heavy atom. The molecule has 0 saturated heterocycles. The zero-order valence-electron chi connectivity index (χ0n) is 53.6. The highest BCUT2D eigenvalue weighted by Crippen LogP contribution is 2.41. The first-order valence-electron chi connectivity index (χ1n) is 31.0. The number of carbonyl (C=O) groups is 2. The fourth-order valence-electron chi connectivity index (χ4n) is 12.2. The number of benzene rings is 6. The standard InChI is InChI=1S/2C33H27ClF4N8O4S/c2*1-44-30-26(6-5-21(34)28(30)31(42-44)43-51(2,49)50)46-32(40-24-14-20(37)13-22(38)29(24)33(46)48)25(11-16-9-18(35)12-19(36)10-16)39-27(47)15-45-8-7-23(41-45)17-3-4-17/h2*5-10,12-14,17,25H,3-4,11,15H2,1-2H3,(H,39,47)(H,42,43)/t2*25-/m00/s1. The maximum Gasteiger partial charge on any atom is 0.269 e. The van der Waals surface area contributed by atoms with Crippen LogP contribution < -0.4 is 31.2 Å². The maximum absolute atomic E-state index is 15.4. The first-order chi connectivity index (χ1) is 48.3. The lowest BCUT2D eigenvalue weighted by Crippen LogP contribution is -2.37. The third kappa shape index (κ3) is 14.8. The second-order valence-electron chi connectivity index (χ2n) is 24.7. The minimum atomic E-state index is -3.87. The first kappa shape index (κ1) is 69.9. The summed E-state index contributed by atoms with van der Waals surface area (Å²) >= 11 is 13.0. The smallest absolute Gasteiger partial charge is 0.269 e. The van der Waals surface area contributed by atoms with E-state index in [1.54, 1.807) is 24.5 Å². The van der Waals surface area contributed by atoms with Gasteiger partial charge in [-0.1, -0.05) is 23.2 Å². The van der Waals surface area contributed by atoms with Gasteiger partial charge >= 0.3 is 0 Å². The third-order valence-corrected chi connectivity index (χ3v) is 18.4. The van der Waals surface area contributed by atoms with Crippen LogP contribution in [-0.2, 0) is 69.7 Å². The number of nitrogens with zero attached hydrogens (tertiary/aromatic N) is 12. The lowest BCUT2D eigenvalue weighted by Gasteiger charge is -2.24. The third-order valence-electron chi connectivity index (χ3n) is 16.7. The Kier molecular flexibility index (Phi) is 18.5. The first-order valence-corrected chi connectivity index (χ1v) is 35.5. The SMILES string of the molecule is Cn1nc(NS(C)(=O)=O)c2c(Cl)ccc(-n3c([C@H](Cc4cc(F)cc(F)c4)NC(=O)Cn4ccc(C5CC5)n4)nc4cc(F)cc(F)c4c3=O)c21.Cn1nc(NS(C)(=O)=O)c2c(Cl)ccc(-n3c([C@H](Cc4cc(F)cc(F)c4)NC(=O)Cn4ccc(C5CC5)n4)nc4cc(F)cc(F)c4c3=O)c21. The minimum absolute atomic E-state index is 0.0325. The molecule has 12 aromatic rings. The number of hydrogen-bond donors (Lipinski definition) is 4. The van der Waals surface area contributed by atoms with Crippen LogP contribution in [0.5, 0.6) is 0 Å². The van der Waals surface area contributed by atoms with Crippen LogP contribution in [0.2, 0.25) is 10.0 Å². The molecule has 2 saturated carbocycles. The van der Waals surface area contributed by atoms with Crippen molar-refractivity contribution in [1.82, 2.24) is 68.9 Å². The maximum atomic E-state index is 15.4. The summed E-state index contributed by atoms with van der Waals surface area (Å²) in [5, 5.41) is 21.9. The predicted octanol–water partition coefficient (Wildman–Crippen LogP) is 10.1. The van der Waals surface area contributed by atoms with E-state index in [9.17, 15) is 62.4 Å². The quantitative estimate of drug-likeness (QED) is 0.0517. The summed E-state index contributed by atoms with van der Waals surface area (Å²) in [5.41, 5.74) is -0.993. The van der Waals surface area contributed by atoms with Crippen LogP contribution >= 0.6 is 23.2 Å². The second kappa shape index (κ2) is 27.1.